The van der Waals surface area contributed by atoms with Crippen molar-refractivity contribution in [3.63, 3.8) is 0 Å². The van der Waals surface area contributed by atoms with E-state index in [0.717, 1.165) is 0 Å². The first-order chi connectivity index (χ1) is 10.8. The lowest BCUT2D eigenvalue weighted by atomic mass is 10.0. The van der Waals surface area contributed by atoms with Gasteiger partial charge in [0.25, 0.3) is 0 Å². The minimum Gasteiger partial charge on any atom is -0.497 e. The van der Waals surface area contributed by atoms with Gasteiger partial charge in [0, 0.05) is 12.3 Å². The highest BCUT2D eigenvalue weighted by Gasteiger charge is 2.31. The lowest BCUT2D eigenvalue weighted by molar-refractivity contribution is 0.390. The highest BCUT2D eigenvalue weighted by atomic mass is 32.2. The molecule has 23 heavy (non-hydrogen) atoms. The molecule has 0 spiro atoms. The summed E-state index contributed by atoms with van der Waals surface area (Å²) in [7, 11) is -0.939. The molecule has 7 heteroatoms. The molecule has 1 heterocycles. The molecule has 6 nitrogen and oxygen atoms in total. The second-order valence-electron chi connectivity index (χ2n) is 5.46. The quantitative estimate of drug-likeness (QED) is 0.876. The van der Waals surface area contributed by atoms with Crippen molar-refractivity contribution in [1.29, 1.82) is 0 Å². The minimum atomic E-state index is -3.84. The Kier molecular flexibility index (Phi) is 4.91. The number of aromatic nitrogens is 1. The summed E-state index contributed by atoms with van der Waals surface area (Å²) in [5, 5.41) is 0. The summed E-state index contributed by atoms with van der Waals surface area (Å²) in [5.74, 6) is 0.678. The molecule has 0 amide bonds. The van der Waals surface area contributed by atoms with Gasteiger partial charge in [0.2, 0.25) is 10.0 Å². The van der Waals surface area contributed by atoms with Gasteiger partial charge >= 0.3 is 0 Å². The number of nitrogens with zero attached hydrogens (tertiary/aromatic N) is 1. The van der Waals surface area contributed by atoms with Gasteiger partial charge in [0.05, 0.1) is 25.5 Å². The second kappa shape index (κ2) is 6.55. The zero-order valence-corrected chi connectivity index (χ0v) is 14.3. The fourth-order valence-corrected chi connectivity index (χ4v) is 3.74. The van der Waals surface area contributed by atoms with Crippen LogP contribution in [-0.4, -0.2) is 27.6 Å². The Balaban J connectivity index is 2.43. The predicted molar refractivity (Wildman–Crippen MR) is 87.1 cm³/mol. The smallest absolute Gasteiger partial charge is 0.245 e. The molecule has 1 N–H and O–H groups in total. The number of sulfonamides is 1. The fraction of sp³-hybridized carbons (Fsp3) is 0.312. The molecular weight excluding hydrogens is 316 g/mol. The number of ether oxygens (including phenoxy) is 2. The van der Waals surface area contributed by atoms with E-state index in [1.807, 2.05) is 6.07 Å². The normalized spacial score (nSPS) is 12.0. The molecule has 0 saturated heterocycles. The van der Waals surface area contributed by atoms with E-state index in [1.165, 1.54) is 20.3 Å². The summed E-state index contributed by atoms with van der Waals surface area (Å²) < 4.78 is 38.5. The molecule has 0 radical (unpaired) electrons. The second-order valence-corrected chi connectivity index (χ2v) is 7.11. The molecule has 0 unspecified atom stereocenters. The van der Waals surface area contributed by atoms with Crippen LogP contribution in [0.1, 0.15) is 19.5 Å². The molecule has 0 aliphatic carbocycles. The van der Waals surface area contributed by atoms with E-state index in [4.69, 9.17) is 9.47 Å². The third kappa shape index (κ3) is 3.80. The van der Waals surface area contributed by atoms with Crippen molar-refractivity contribution in [1.82, 2.24) is 9.71 Å². The number of methoxy groups -OCH3 is 2. The predicted octanol–water partition coefficient (Wildman–Crippen LogP) is 2.31. The van der Waals surface area contributed by atoms with Crippen molar-refractivity contribution < 1.29 is 17.9 Å². The van der Waals surface area contributed by atoms with Crippen molar-refractivity contribution >= 4 is 10.0 Å². The molecule has 124 valence electrons. The lowest BCUT2D eigenvalue weighted by Crippen LogP contribution is -2.41. The Labute approximate surface area is 136 Å². The number of pyridine rings is 1. The van der Waals surface area contributed by atoms with Gasteiger partial charge in [-0.15, -0.1) is 0 Å². The number of benzene rings is 1. The van der Waals surface area contributed by atoms with Gasteiger partial charge in [0.1, 0.15) is 16.4 Å². The largest absolute Gasteiger partial charge is 0.497 e. The highest BCUT2D eigenvalue weighted by Crippen LogP contribution is 2.30. The Morgan fingerprint density at radius 2 is 1.83 bits per heavy atom. The third-order valence-electron chi connectivity index (χ3n) is 3.36. The van der Waals surface area contributed by atoms with Crippen molar-refractivity contribution in [2.45, 2.75) is 24.3 Å². The maximum atomic E-state index is 12.8. The van der Waals surface area contributed by atoms with Gasteiger partial charge in [-0.3, -0.25) is 4.98 Å². The van der Waals surface area contributed by atoms with Gasteiger partial charge in [-0.25, -0.2) is 8.42 Å². The molecular formula is C16H20N2O4S. The van der Waals surface area contributed by atoms with Gasteiger partial charge in [-0.1, -0.05) is 6.07 Å². The number of hydrogen-bond donors (Lipinski definition) is 1. The number of rotatable bonds is 6. The summed E-state index contributed by atoms with van der Waals surface area (Å²) >= 11 is 0. The van der Waals surface area contributed by atoms with Crippen molar-refractivity contribution in [3.05, 3.63) is 48.3 Å². The maximum Gasteiger partial charge on any atom is 0.245 e. The van der Waals surface area contributed by atoms with Crippen LogP contribution in [0.2, 0.25) is 0 Å². The Morgan fingerprint density at radius 1 is 1.09 bits per heavy atom. The van der Waals surface area contributed by atoms with Crippen LogP contribution in [0.5, 0.6) is 11.5 Å². The van der Waals surface area contributed by atoms with Gasteiger partial charge in [0.15, 0.2) is 0 Å². The first kappa shape index (κ1) is 17.2. The monoisotopic (exact) mass is 336 g/mol. The van der Waals surface area contributed by atoms with Gasteiger partial charge < -0.3 is 9.47 Å². The van der Waals surface area contributed by atoms with E-state index in [-0.39, 0.29) is 10.6 Å². The van der Waals surface area contributed by atoms with Crippen molar-refractivity contribution in [2.75, 3.05) is 14.2 Å². The highest BCUT2D eigenvalue weighted by molar-refractivity contribution is 7.89. The van der Waals surface area contributed by atoms with Crippen LogP contribution in [0.3, 0.4) is 0 Å². The molecule has 0 fully saturated rings. The van der Waals surface area contributed by atoms with E-state index in [2.05, 4.69) is 9.71 Å². The molecule has 0 aliphatic heterocycles. The van der Waals surface area contributed by atoms with E-state index < -0.39 is 15.6 Å². The molecule has 2 aromatic rings. The van der Waals surface area contributed by atoms with Crippen LogP contribution in [-0.2, 0) is 15.6 Å². The summed E-state index contributed by atoms with van der Waals surface area (Å²) in [5.41, 5.74) is -0.265. The maximum absolute atomic E-state index is 12.8. The SMILES string of the molecule is COc1ccc(OC)c(S(=O)(=O)NC(C)(C)c2ccccn2)c1. The van der Waals surface area contributed by atoms with E-state index in [9.17, 15) is 8.42 Å². The van der Waals surface area contributed by atoms with Gasteiger partial charge in [-0.2, -0.15) is 4.72 Å². The van der Waals surface area contributed by atoms with E-state index >= 15 is 0 Å². The molecule has 0 aliphatic rings. The van der Waals surface area contributed by atoms with Crippen molar-refractivity contribution in [2.24, 2.45) is 0 Å². The zero-order valence-electron chi connectivity index (χ0n) is 13.5. The Hall–Kier alpha value is -2.12. The lowest BCUT2D eigenvalue weighted by Gasteiger charge is -2.26. The topological polar surface area (TPSA) is 77.5 Å². The minimum absolute atomic E-state index is 0.0170. The van der Waals surface area contributed by atoms with Crippen LogP contribution in [0.25, 0.3) is 0 Å². The zero-order chi connectivity index (χ0) is 17.1. The standard InChI is InChI=1S/C16H20N2O4S/c1-16(2,15-7-5-6-10-17-15)18-23(19,20)14-11-12(21-3)8-9-13(14)22-4/h5-11,18H,1-4H3. The van der Waals surface area contributed by atoms with Crippen LogP contribution in [0.4, 0.5) is 0 Å². The Bertz CT molecular complexity index is 774. The first-order valence-corrected chi connectivity index (χ1v) is 8.46. The van der Waals surface area contributed by atoms with Crippen molar-refractivity contribution in [3.8, 4) is 11.5 Å². The summed E-state index contributed by atoms with van der Waals surface area (Å²) in [6.45, 7) is 3.50. The number of nitrogens with one attached hydrogen (secondary N) is 1. The fourth-order valence-electron chi connectivity index (χ4n) is 2.17. The van der Waals surface area contributed by atoms with Crippen LogP contribution >= 0.6 is 0 Å². The molecule has 2 rings (SSSR count). The third-order valence-corrected chi connectivity index (χ3v) is 5.03. The Morgan fingerprint density at radius 3 is 2.39 bits per heavy atom. The average molecular weight is 336 g/mol. The first-order valence-electron chi connectivity index (χ1n) is 6.97. The van der Waals surface area contributed by atoms with E-state index in [0.29, 0.717) is 11.4 Å². The molecule has 1 aromatic heterocycles. The molecule has 0 saturated carbocycles. The summed E-state index contributed by atoms with van der Waals surface area (Å²) in [4.78, 5) is 4.24. The van der Waals surface area contributed by atoms with Crippen LogP contribution in [0.15, 0.2) is 47.5 Å². The summed E-state index contributed by atoms with van der Waals surface area (Å²) in [6, 6.07) is 9.98. The summed E-state index contributed by atoms with van der Waals surface area (Å²) in [6.07, 6.45) is 1.62. The molecule has 1 aromatic carbocycles. The van der Waals surface area contributed by atoms with Gasteiger partial charge in [-0.05, 0) is 38.1 Å². The molecule has 0 bridgehead atoms. The van der Waals surface area contributed by atoms with Crippen LogP contribution in [0, 0.1) is 0 Å². The average Bonchev–Trinajstić information content (AvgIpc) is 2.54. The number of hydrogen-bond acceptors (Lipinski definition) is 5. The van der Waals surface area contributed by atoms with E-state index in [1.54, 1.807) is 44.3 Å². The van der Waals surface area contributed by atoms with Crippen LogP contribution < -0.4 is 14.2 Å². The molecule has 0 atom stereocenters.